The molecule has 0 heterocycles. The van der Waals surface area contributed by atoms with Gasteiger partial charge in [0.15, 0.2) is 11.8 Å². The minimum atomic E-state index is -1.26. The van der Waals surface area contributed by atoms with E-state index in [1.807, 2.05) is 39.0 Å². The summed E-state index contributed by atoms with van der Waals surface area (Å²) >= 11 is 0. The molecule has 0 fully saturated rings. The van der Waals surface area contributed by atoms with Gasteiger partial charge in [0.1, 0.15) is 0 Å². The molecule has 0 aromatic heterocycles. The van der Waals surface area contributed by atoms with Gasteiger partial charge < -0.3 is 10.2 Å². The van der Waals surface area contributed by atoms with E-state index < -0.39 is 22.7 Å². The molecular weight excluding hydrogens is 410 g/mol. The van der Waals surface area contributed by atoms with Gasteiger partial charge in [-0.25, -0.2) is 0 Å². The van der Waals surface area contributed by atoms with E-state index in [9.17, 15) is 24.5 Å². The molecule has 1 N–H and O–H groups in total. The summed E-state index contributed by atoms with van der Waals surface area (Å²) in [7, 11) is 0. The summed E-state index contributed by atoms with van der Waals surface area (Å²) in [4.78, 5) is 50.4. The van der Waals surface area contributed by atoms with Gasteiger partial charge in [-0.2, -0.15) is 0 Å². The van der Waals surface area contributed by atoms with Crippen LogP contribution in [0.3, 0.4) is 0 Å². The summed E-state index contributed by atoms with van der Waals surface area (Å²) in [6.07, 6.45) is 1.35. The molecule has 0 spiro atoms. The Kier molecular flexibility index (Phi) is 8.63. The number of Topliss-reactive ketones (excluding diaryl/α,β-unsaturated/α-hetero) is 1. The number of anilines is 1. The number of carbonyl (C=O) groups is 3. The molecule has 1 atom stereocenters. The molecule has 2 amide bonds. The third kappa shape index (κ3) is 6.23. The molecule has 1 unspecified atom stereocenters. The highest BCUT2D eigenvalue weighted by Gasteiger charge is 2.33. The minimum Gasteiger partial charge on any atom is -0.324 e. The monoisotopic (exact) mass is 439 g/mol. The number of nitrogens with one attached hydrogen (secondary N) is 1. The Bertz CT molecular complexity index is 981. The Labute approximate surface area is 187 Å². The van der Waals surface area contributed by atoms with Crippen LogP contribution >= 0.6 is 0 Å². The Morgan fingerprint density at radius 2 is 1.66 bits per heavy atom. The lowest BCUT2D eigenvalue weighted by atomic mass is 10.0. The summed E-state index contributed by atoms with van der Waals surface area (Å²) in [5.74, 6) is -1.37. The maximum atomic E-state index is 13.1. The zero-order valence-corrected chi connectivity index (χ0v) is 18.9. The Morgan fingerprint density at radius 3 is 2.16 bits per heavy atom. The fraction of sp³-hybridized carbons (Fsp3) is 0.375. The normalized spacial score (nSPS) is 11.5. The second-order valence-corrected chi connectivity index (χ2v) is 7.81. The first-order chi connectivity index (χ1) is 15.1. The lowest BCUT2D eigenvalue weighted by molar-refractivity contribution is -0.384. The first-order valence-corrected chi connectivity index (χ1v) is 10.6. The molecule has 0 aliphatic rings. The van der Waals surface area contributed by atoms with E-state index in [-0.39, 0.29) is 24.6 Å². The van der Waals surface area contributed by atoms with Gasteiger partial charge in [-0.3, -0.25) is 24.5 Å². The van der Waals surface area contributed by atoms with Gasteiger partial charge in [0.2, 0.25) is 5.91 Å². The average molecular weight is 440 g/mol. The van der Waals surface area contributed by atoms with E-state index >= 15 is 0 Å². The minimum absolute atomic E-state index is 0.0673. The van der Waals surface area contributed by atoms with Crippen LogP contribution in [0.1, 0.15) is 43.4 Å². The van der Waals surface area contributed by atoms with Crippen molar-refractivity contribution in [3.8, 4) is 0 Å². The van der Waals surface area contributed by atoms with E-state index in [1.54, 1.807) is 0 Å². The van der Waals surface area contributed by atoms with E-state index in [2.05, 4.69) is 5.32 Å². The molecular formula is C24H29N3O5. The van der Waals surface area contributed by atoms with Crippen molar-refractivity contribution in [2.45, 2.75) is 53.0 Å². The zero-order chi connectivity index (χ0) is 23.8. The number of rotatable bonds is 10. The van der Waals surface area contributed by atoms with Crippen molar-refractivity contribution in [2.24, 2.45) is 0 Å². The number of benzene rings is 2. The average Bonchev–Trinajstić information content (AvgIpc) is 2.73. The number of non-ortho nitro benzene ring substituents is 1. The number of unbranched alkanes of at least 4 members (excludes halogenated alkanes) is 1. The predicted octanol–water partition coefficient (Wildman–Crippen LogP) is 3.98. The molecule has 0 saturated heterocycles. The second-order valence-electron chi connectivity index (χ2n) is 7.81. The van der Waals surface area contributed by atoms with Gasteiger partial charge in [0, 0.05) is 24.4 Å². The van der Waals surface area contributed by atoms with Crippen molar-refractivity contribution in [3.63, 3.8) is 0 Å². The number of hydrogen-bond donors (Lipinski definition) is 1. The molecule has 0 aliphatic heterocycles. The van der Waals surface area contributed by atoms with Crippen LogP contribution in [0.15, 0.2) is 42.5 Å². The van der Waals surface area contributed by atoms with Crippen LogP contribution < -0.4 is 5.32 Å². The highest BCUT2D eigenvalue weighted by molar-refractivity contribution is 6.12. The van der Waals surface area contributed by atoms with Crippen LogP contribution in [-0.4, -0.2) is 40.0 Å². The van der Waals surface area contributed by atoms with Crippen LogP contribution in [0.2, 0.25) is 0 Å². The van der Waals surface area contributed by atoms with Gasteiger partial charge in [-0.1, -0.05) is 43.7 Å². The lowest BCUT2D eigenvalue weighted by Gasteiger charge is -2.30. The maximum Gasteiger partial charge on any atom is 0.269 e. The van der Waals surface area contributed by atoms with Gasteiger partial charge >= 0.3 is 0 Å². The van der Waals surface area contributed by atoms with Crippen molar-refractivity contribution in [1.29, 1.82) is 0 Å². The van der Waals surface area contributed by atoms with Crippen molar-refractivity contribution in [2.75, 3.05) is 11.9 Å². The smallest absolute Gasteiger partial charge is 0.269 e. The Morgan fingerprint density at radius 1 is 1.06 bits per heavy atom. The molecule has 0 radical (unpaired) electrons. The highest BCUT2D eigenvalue weighted by atomic mass is 16.6. The van der Waals surface area contributed by atoms with E-state index in [1.165, 1.54) is 36.1 Å². The van der Waals surface area contributed by atoms with Crippen molar-refractivity contribution < 1.29 is 19.3 Å². The number of aryl methyl sites for hydroxylation is 2. The van der Waals surface area contributed by atoms with Gasteiger partial charge in [-0.15, -0.1) is 0 Å². The van der Waals surface area contributed by atoms with Crippen molar-refractivity contribution in [1.82, 2.24) is 4.90 Å². The van der Waals surface area contributed by atoms with Gasteiger partial charge in [-0.05, 0) is 43.9 Å². The van der Waals surface area contributed by atoms with Crippen molar-refractivity contribution in [3.05, 3.63) is 69.3 Å². The molecule has 2 aromatic rings. The molecule has 0 bridgehead atoms. The molecule has 0 saturated carbocycles. The first kappa shape index (κ1) is 24.7. The van der Waals surface area contributed by atoms with Gasteiger partial charge in [0.05, 0.1) is 11.3 Å². The summed E-state index contributed by atoms with van der Waals surface area (Å²) in [5.41, 5.74) is 2.84. The standard InChI is InChI=1S/C24H29N3O5/c1-5-6-14-26(21(29)15-19-10-12-20(13-11-19)27(31)32)23(18(4)28)24(30)25-22-16(2)8-7-9-17(22)3/h7-13,23H,5-6,14-15H2,1-4H3,(H,25,30). The lowest BCUT2D eigenvalue weighted by Crippen LogP contribution is -2.52. The van der Waals surface area contributed by atoms with E-state index in [0.29, 0.717) is 17.7 Å². The quantitative estimate of drug-likeness (QED) is 0.342. The number of para-hydroxylation sites is 1. The molecule has 0 aliphatic carbocycles. The number of amides is 2. The van der Waals surface area contributed by atoms with Crippen LogP contribution in [0, 0.1) is 24.0 Å². The Balaban J connectivity index is 2.29. The summed E-state index contributed by atoms with van der Waals surface area (Å²) in [6.45, 7) is 7.23. The van der Waals surface area contributed by atoms with E-state index in [0.717, 1.165) is 17.5 Å². The summed E-state index contributed by atoms with van der Waals surface area (Å²) in [6, 6.07) is 10.0. The molecule has 8 heteroatoms. The number of nitrogens with zero attached hydrogens (tertiary/aromatic N) is 2. The maximum absolute atomic E-state index is 13.1. The molecule has 2 rings (SSSR count). The molecule has 2 aromatic carbocycles. The molecule has 8 nitrogen and oxygen atoms in total. The number of ketones is 1. The van der Waals surface area contributed by atoms with Gasteiger partial charge in [0.25, 0.3) is 11.6 Å². The highest BCUT2D eigenvalue weighted by Crippen LogP contribution is 2.21. The van der Waals surface area contributed by atoms with Crippen molar-refractivity contribution >= 4 is 29.0 Å². The number of nitro groups is 1. The fourth-order valence-electron chi connectivity index (χ4n) is 3.49. The van der Waals surface area contributed by atoms with Crippen LogP contribution in [0.4, 0.5) is 11.4 Å². The summed E-state index contributed by atoms with van der Waals surface area (Å²) < 4.78 is 0. The third-order valence-electron chi connectivity index (χ3n) is 5.25. The molecule has 32 heavy (non-hydrogen) atoms. The number of nitro benzene ring substituents is 1. The van der Waals surface area contributed by atoms with Crippen LogP contribution in [-0.2, 0) is 20.8 Å². The second kappa shape index (κ2) is 11.2. The number of carbonyl (C=O) groups excluding carboxylic acids is 3. The third-order valence-corrected chi connectivity index (χ3v) is 5.25. The molecule has 170 valence electrons. The fourth-order valence-corrected chi connectivity index (χ4v) is 3.49. The van der Waals surface area contributed by atoms with E-state index in [4.69, 9.17) is 0 Å². The number of hydrogen-bond acceptors (Lipinski definition) is 5. The topological polar surface area (TPSA) is 110 Å². The predicted molar refractivity (Wildman–Crippen MR) is 122 cm³/mol. The zero-order valence-electron chi connectivity index (χ0n) is 18.9. The first-order valence-electron chi connectivity index (χ1n) is 10.6. The summed E-state index contributed by atoms with van der Waals surface area (Å²) in [5, 5.41) is 13.7. The van der Waals surface area contributed by atoms with Crippen LogP contribution in [0.25, 0.3) is 0 Å². The SMILES string of the molecule is CCCCN(C(=O)Cc1ccc([N+](=O)[O-])cc1)C(C(C)=O)C(=O)Nc1c(C)cccc1C. The Hall–Kier alpha value is -3.55. The largest absolute Gasteiger partial charge is 0.324 e. The van der Waals surface area contributed by atoms with Crippen LogP contribution in [0.5, 0.6) is 0 Å².